The Hall–Kier alpha value is -3.64. The van der Waals surface area contributed by atoms with Gasteiger partial charge in [-0.15, -0.1) is 0 Å². The van der Waals surface area contributed by atoms with E-state index in [1.54, 1.807) is 48.5 Å². The molecule has 1 N–H and O–H groups in total. The molecule has 1 unspecified atom stereocenters. The van der Waals surface area contributed by atoms with Crippen molar-refractivity contribution in [3.05, 3.63) is 95.6 Å². The first-order valence-corrected chi connectivity index (χ1v) is 10.8. The summed E-state index contributed by atoms with van der Waals surface area (Å²) in [7, 11) is 1.38. The highest BCUT2D eigenvalue weighted by Gasteiger charge is 2.27. The van der Waals surface area contributed by atoms with E-state index >= 15 is 0 Å². The number of hydrogen-bond acceptors (Lipinski definition) is 5. The summed E-state index contributed by atoms with van der Waals surface area (Å²) in [5, 5.41) is 9.13. The average molecular weight is 449 g/mol. The molecule has 2 atom stereocenters. The molecule has 0 heterocycles. The summed E-state index contributed by atoms with van der Waals surface area (Å²) < 4.78 is 17.2. The SMILES string of the molecule is CCC(C)(Oc1ccc(C[C@@H](OC)C(=O)O)cc1)Oc1ccc(C(=O)c2ccccc2)cc1. The van der Waals surface area contributed by atoms with E-state index in [-0.39, 0.29) is 12.2 Å². The van der Waals surface area contributed by atoms with Gasteiger partial charge in [-0.1, -0.05) is 49.4 Å². The topological polar surface area (TPSA) is 82.1 Å². The monoisotopic (exact) mass is 448 g/mol. The van der Waals surface area contributed by atoms with E-state index < -0.39 is 17.9 Å². The fourth-order valence-corrected chi connectivity index (χ4v) is 3.27. The zero-order valence-electron chi connectivity index (χ0n) is 19.0. The molecular weight excluding hydrogens is 420 g/mol. The number of benzene rings is 3. The number of ether oxygens (including phenoxy) is 3. The number of carboxylic acid groups (broad SMARTS) is 1. The third-order valence-corrected chi connectivity index (χ3v) is 5.37. The lowest BCUT2D eigenvalue weighted by Gasteiger charge is -2.30. The van der Waals surface area contributed by atoms with Crippen LogP contribution in [0.5, 0.6) is 11.5 Å². The number of carbonyl (C=O) groups excluding carboxylic acids is 1. The van der Waals surface area contributed by atoms with Gasteiger partial charge < -0.3 is 19.3 Å². The molecular formula is C27H28O6. The maximum Gasteiger partial charge on any atom is 0.333 e. The van der Waals surface area contributed by atoms with Crippen LogP contribution in [0, 0.1) is 0 Å². The predicted octanol–water partition coefficient (Wildman–Crippen LogP) is 5.14. The molecule has 0 aliphatic heterocycles. The molecule has 0 radical (unpaired) electrons. The summed E-state index contributed by atoms with van der Waals surface area (Å²) in [5.74, 6) is -0.785. The van der Waals surface area contributed by atoms with Gasteiger partial charge in [-0.25, -0.2) is 4.79 Å². The molecule has 0 bridgehead atoms. The van der Waals surface area contributed by atoms with Crippen molar-refractivity contribution in [2.75, 3.05) is 7.11 Å². The van der Waals surface area contributed by atoms with Gasteiger partial charge in [0.1, 0.15) is 11.5 Å². The Labute approximate surface area is 193 Å². The van der Waals surface area contributed by atoms with E-state index in [0.29, 0.717) is 29.0 Å². The first kappa shape index (κ1) is 24.0. The first-order valence-electron chi connectivity index (χ1n) is 10.8. The van der Waals surface area contributed by atoms with Crippen LogP contribution in [0.1, 0.15) is 41.8 Å². The van der Waals surface area contributed by atoms with Crippen LogP contribution in [0.2, 0.25) is 0 Å². The van der Waals surface area contributed by atoms with Crippen molar-refractivity contribution in [3.63, 3.8) is 0 Å². The number of aliphatic carboxylic acids is 1. The van der Waals surface area contributed by atoms with Gasteiger partial charge in [0.15, 0.2) is 11.9 Å². The van der Waals surface area contributed by atoms with Gasteiger partial charge in [-0.2, -0.15) is 0 Å². The van der Waals surface area contributed by atoms with Crippen LogP contribution < -0.4 is 9.47 Å². The third kappa shape index (κ3) is 6.43. The largest absolute Gasteiger partial charge is 0.479 e. The number of hydrogen-bond donors (Lipinski definition) is 1. The minimum absolute atomic E-state index is 0.0460. The molecule has 6 nitrogen and oxygen atoms in total. The molecule has 0 saturated carbocycles. The summed E-state index contributed by atoms with van der Waals surface area (Å²) in [6, 6.07) is 23.3. The summed E-state index contributed by atoms with van der Waals surface area (Å²) in [6.45, 7) is 3.80. The van der Waals surface area contributed by atoms with Crippen LogP contribution in [0.4, 0.5) is 0 Å². The van der Waals surface area contributed by atoms with Crippen molar-refractivity contribution in [1.82, 2.24) is 0 Å². The van der Waals surface area contributed by atoms with Crippen molar-refractivity contribution in [3.8, 4) is 11.5 Å². The maximum absolute atomic E-state index is 12.6. The van der Waals surface area contributed by atoms with Gasteiger partial charge in [-0.05, 0) is 42.0 Å². The van der Waals surface area contributed by atoms with Crippen LogP contribution in [0.25, 0.3) is 0 Å². The summed E-state index contributed by atoms with van der Waals surface area (Å²) in [4.78, 5) is 23.7. The molecule has 0 aliphatic carbocycles. The summed E-state index contributed by atoms with van der Waals surface area (Å²) in [6.07, 6.45) is -0.0518. The molecule has 0 amide bonds. The van der Waals surface area contributed by atoms with Gasteiger partial charge in [-0.3, -0.25) is 4.79 Å². The Balaban J connectivity index is 1.65. The van der Waals surface area contributed by atoms with Crippen molar-refractivity contribution < 1.29 is 28.9 Å². The lowest BCUT2D eigenvalue weighted by atomic mass is 10.0. The van der Waals surface area contributed by atoms with Crippen molar-refractivity contribution >= 4 is 11.8 Å². The Morgan fingerprint density at radius 2 is 1.36 bits per heavy atom. The lowest BCUT2D eigenvalue weighted by molar-refractivity contribution is -0.148. The van der Waals surface area contributed by atoms with Gasteiger partial charge in [0.2, 0.25) is 5.79 Å². The molecule has 0 aliphatic rings. The molecule has 6 heteroatoms. The second-order valence-electron chi connectivity index (χ2n) is 7.82. The number of rotatable bonds is 11. The standard InChI is InChI=1S/C27H28O6/c1-4-27(2,32-22-14-10-19(11-15-22)18-24(31-3)26(29)30)33-23-16-12-21(13-17-23)25(28)20-8-6-5-7-9-20/h5-17,24H,4,18H2,1-3H3,(H,29,30)/t24-,27?/m1/s1. The van der Waals surface area contributed by atoms with Crippen LogP contribution in [0.15, 0.2) is 78.9 Å². The third-order valence-electron chi connectivity index (χ3n) is 5.37. The normalized spacial score (nSPS) is 13.5. The zero-order valence-corrected chi connectivity index (χ0v) is 19.0. The summed E-state index contributed by atoms with van der Waals surface area (Å²) in [5.41, 5.74) is 2.05. The Bertz CT molecular complexity index is 1060. The van der Waals surface area contributed by atoms with E-state index in [9.17, 15) is 9.59 Å². The Kier molecular flexibility index (Phi) is 7.85. The Morgan fingerprint density at radius 1 is 0.848 bits per heavy atom. The lowest BCUT2D eigenvalue weighted by Crippen LogP contribution is -2.38. The number of methoxy groups -OCH3 is 1. The smallest absolute Gasteiger partial charge is 0.333 e. The van der Waals surface area contributed by atoms with E-state index in [0.717, 1.165) is 5.56 Å². The fourth-order valence-electron chi connectivity index (χ4n) is 3.27. The molecule has 0 fully saturated rings. The number of carbonyl (C=O) groups is 2. The summed E-state index contributed by atoms with van der Waals surface area (Å²) >= 11 is 0. The van der Waals surface area contributed by atoms with Gasteiger partial charge in [0.25, 0.3) is 0 Å². The van der Waals surface area contributed by atoms with Gasteiger partial charge in [0, 0.05) is 38.0 Å². The average Bonchev–Trinajstić information content (AvgIpc) is 2.84. The van der Waals surface area contributed by atoms with Gasteiger partial charge >= 0.3 is 5.97 Å². The zero-order chi connectivity index (χ0) is 23.8. The number of carboxylic acids is 1. The highest BCUT2D eigenvalue weighted by atomic mass is 16.7. The van der Waals surface area contributed by atoms with Crippen molar-refractivity contribution in [1.29, 1.82) is 0 Å². The van der Waals surface area contributed by atoms with E-state index in [1.165, 1.54) is 7.11 Å². The van der Waals surface area contributed by atoms with Crippen LogP contribution in [-0.2, 0) is 16.0 Å². The van der Waals surface area contributed by atoms with E-state index in [1.807, 2.05) is 44.2 Å². The molecule has 3 aromatic carbocycles. The quantitative estimate of drug-likeness (QED) is 0.323. The second-order valence-corrected chi connectivity index (χ2v) is 7.82. The molecule has 33 heavy (non-hydrogen) atoms. The predicted molar refractivity (Wildman–Crippen MR) is 125 cm³/mol. The van der Waals surface area contributed by atoms with Crippen LogP contribution >= 0.6 is 0 Å². The first-order chi connectivity index (χ1) is 15.8. The molecule has 0 spiro atoms. The second kappa shape index (κ2) is 10.8. The molecule has 3 rings (SSSR count). The number of ketones is 1. The van der Waals surface area contributed by atoms with Crippen LogP contribution in [0.3, 0.4) is 0 Å². The van der Waals surface area contributed by atoms with E-state index in [2.05, 4.69) is 0 Å². The fraction of sp³-hybridized carbons (Fsp3) is 0.259. The molecule has 0 saturated heterocycles. The minimum atomic E-state index is -0.999. The highest BCUT2D eigenvalue weighted by Crippen LogP contribution is 2.27. The Morgan fingerprint density at radius 3 is 1.85 bits per heavy atom. The van der Waals surface area contributed by atoms with Crippen molar-refractivity contribution in [2.45, 2.75) is 38.6 Å². The highest BCUT2D eigenvalue weighted by molar-refractivity contribution is 6.08. The molecule has 172 valence electrons. The molecule has 0 aromatic heterocycles. The van der Waals surface area contributed by atoms with Crippen molar-refractivity contribution in [2.24, 2.45) is 0 Å². The maximum atomic E-state index is 12.6. The van der Waals surface area contributed by atoms with Gasteiger partial charge in [0.05, 0.1) is 0 Å². The van der Waals surface area contributed by atoms with Crippen LogP contribution in [-0.4, -0.2) is 35.9 Å². The van der Waals surface area contributed by atoms with E-state index in [4.69, 9.17) is 19.3 Å². The molecule has 3 aromatic rings. The minimum Gasteiger partial charge on any atom is -0.479 e.